The number of rotatable bonds is 10. The summed E-state index contributed by atoms with van der Waals surface area (Å²) in [5.41, 5.74) is 0. The highest BCUT2D eigenvalue weighted by Gasteiger charge is 2.19. The summed E-state index contributed by atoms with van der Waals surface area (Å²) in [6.45, 7) is 3.51. The summed E-state index contributed by atoms with van der Waals surface area (Å²) in [5.74, 6) is 0.395. The van der Waals surface area contributed by atoms with Gasteiger partial charge in [0.05, 0.1) is 13.2 Å². The molecule has 1 aromatic rings. The molecule has 1 aromatic heterocycles. The lowest BCUT2D eigenvalue weighted by atomic mass is 10.2. The first kappa shape index (κ1) is 17.1. The van der Waals surface area contributed by atoms with E-state index in [2.05, 4.69) is 10.0 Å². The maximum Gasteiger partial charge on any atom is 0.273 e. The minimum atomic E-state index is -3.66. The van der Waals surface area contributed by atoms with Crippen LogP contribution in [0.1, 0.15) is 12.7 Å². The van der Waals surface area contributed by atoms with E-state index >= 15 is 0 Å². The van der Waals surface area contributed by atoms with Gasteiger partial charge in [-0.15, -0.1) is 0 Å². The Morgan fingerprint density at radius 3 is 2.85 bits per heavy atom. The summed E-state index contributed by atoms with van der Waals surface area (Å²) in [5, 5.41) is 11.8. The Morgan fingerprint density at radius 2 is 2.20 bits per heavy atom. The van der Waals surface area contributed by atoms with E-state index in [1.54, 1.807) is 20.1 Å². The number of aliphatic hydroxyl groups excluding tert-OH is 1. The Bertz CT molecular complexity index is 486. The van der Waals surface area contributed by atoms with Crippen molar-refractivity contribution in [1.82, 2.24) is 10.0 Å². The monoisotopic (exact) mass is 306 g/mol. The number of methoxy groups -OCH3 is 1. The molecular weight excluding hydrogens is 284 g/mol. The summed E-state index contributed by atoms with van der Waals surface area (Å²) < 4.78 is 36.4. The minimum absolute atomic E-state index is 0.0741. The topological polar surface area (TPSA) is 101 Å². The van der Waals surface area contributed by atoms with Gasteiger partial charge in [0.25, 0.3) is 10.0 Å². The van der Waals surface area contributed by atoms with E-state index in [4.69, 9.17) is 14.3 Å². The lowest BCUT2D eigenvalue weighted by molar-refractivity contribution is 0.198. The first-order valence-electron chi connectivity index (χ1n) is 6.38. The molecule has 1 rings (SSSR count). The van der Waals surface area contributed by atoms with Crippen LogP contribution in [0.4, 0.5) is 0 Å². The van der Waals surface area contributed by atoms with Gasteiger partial charge >= 0.3 is 0 Å². The van der Waals surface area contributed by atoms with E-state index in [1.165, 1.54) is 6.07 Å². The van der Waals surface area contributed by atoms with Crippen LogP contribution >= 0.6 is 0 Å². The second-order valence-electron chi connectivity index (χ2n) is 4.53. The molecule has 1 heterocycles. The van der Waals surface area contributed by atoms with Gasteiger partial charge in [-0.1, -0.05) is 6.92 Å². The van der Waals surface area contributed by atoms with Crippen LogP contribution in [0.3, 0.4) is 0 Å². The molecule has 1 unspecified atom stereocenters. The van der Waals surface area contributed by atoms with Crippen molar-refractivity contribution in [3.63, 3.8) is 0 Å². The molecule has 0 aliphatic carbocycles. The van der Waals surface area contributed by atoms with Crippen molar-refractivity contribution in [2.45, 2.75) is 18.6 Å². The molecule has 7 nitrogen and oxygen atoms in total. The largest absolute Gasteiger partial charge is 0.447 e. The van der Waals surface area contributed by atoms with Crippen molar-refractivity contribution in [1.29, 1.82) is 0 Å². The lowest BCUT2D eigenvalue weighted by Gasteiger charge is -2.08. The van der Waals surface area contributed by atoms with Gasteiger partial charge in [-0.2, -0.15) is 0 Å². The van der Waals surface area contributed by atoms with E-state index in [0.717, 1.165) is 0 Å². The Morgan fingerprint density at radius 1 is 1.45 bits per heavy atom. The summed E-state index contributed by atoms with van der Waals surface area (Å²) in [6.07, 6.45) is 0. The SMILES string of the molecule is COCCNCc1ccc(S(=O)(=O)NCC(C)CO)o1. The standard InChI is InChI=1S/C12H22N2O5S/c1-10(9-15)7-14-20(16,17)12-4-3-11(19-12)8-13-5-6-18-2/h3-4,10,13-15H,5-9H2,1-2H3. The van der Waals surface area contributed by atoms with Crippen LogP contribution in [0.15, 0.2) is 21.6 Å². The van der Waals surface area contributed by atoms with Gasteiger partial charge in [-0.05, 0) is 18.1 Å². The molecule has 0 saturated heterocycles. The molecule has 0 saturated carbocycles. The van der Waals surface area contributed by atoms with Gasteiger partial charge in [0.1, 0.15) is 5.76 Å². The summed E-state index contributed by atoms with van der Waals surface area (Å²) >= 11 is 0. The van der Waals surface area contributed by atoms with Crippen LogP contribution in [0.25, 0.3) is 0 Å². The van der Waals surface area contributed by atoms with E-state index in [9.17, 15) is 8.42 Å². The second-order valence-corrected chi connectivity index (χ2v) is 6.23. The molecule has 0 aliphatic rings. The molecule has 0 radical (unpaired) electrons. The van der Waals surface area contributed by atoms with Gasteiger partial charge in [-0.25, -0.2) is 13.1 Å². The van der Waals surface area contributed by atoms with Crippen LogP contribution < -0.4 is 10.0 Å². The molecule has 8 heteroatoms. The van der Waals surface area contributed by atoms with Gasteiger partial charge in [0.15, 0.2) is 0 Å². The first-order valence-corrected chi connectivity index (χ1v) is 7.86. The Kier molecular flexibility index (Phi) is 7.17. The molecule has 0 amide bonds. The molecule has 0 fully saturated rings. The van der Waals surface area contributed by atoms with E-state index in [0.29, 0.717) is 25.5 Å². The highest BCUT2D eigenvalue weighted by Crippen LogP contribution is 2.13. The number of nitrogens with one attached hydrogen (secondary N) is 2. The zero-order valence-electron chi connectivity index (χ0n) is 11.8. The van der Waals surface area contributed by atoms with Crippen molar-refractivity contribution < 1.29 is 22.7 Å². The highest BCUT2D eigenvalue weighted by atomic mass is 32.2. The van der Waals surface area contributed by atoms with Gasteiger partial charge < -0.3 is 19.6 Å². The van der Waals surface area contributed by atoms with Crippen molar-refractivity contribution in [3.8, 4) is 0 Å². The third kappa shape index (κ3) is 5.59. The van der Waals surface area contributed by atoms with E-state index in [1.807, 2.05) is 0 Å². The fourth-order valence-electron chi connectivity index (χ4n) is 1.37. The van der Waals surface area contributed by atoms with Gasteiger partial charge in [0.2, 0.25) is 5.09 Å². The van der Waals surface area contributed by atoms with Crippen LogP contribution in [0.5, 0.6) is 0 Å². The molecule has 3 N–H and O–H groups in total. The van der Waals surface area contributed by atoms with E-state index < -0.39 is 10.0 Å². The molecule has 0 aromatic carbocycles. The molecule has 1 atom stereocenters. The van der Waals surface area contributed by atoms with Crippen molar-refractivity contribution in [3.05, 3.63) is 17.9 Å². The number of hydrogen-bond acceptors (Lipinski definition) is 6. The van der Waals surface area contributed by atoms with Crippen molar-refractivity contribution >= 4 is 10.0 Å². The quantitative estimate of drug-likeness (QED) is 0.523. The fraction of sp³-hybridized carbons (Fsp3) is 0.667. The predicted molar refractivity (Wildman–Crippen MR) is 73.7 cm³/mol. The van der Waals surface area contributed by atoms with Crippen LogP contribution in [-0.2, 0) is 21.3 Å². The molecule has 0 bridgehead atoms. The summed E-state index contributed by atoms with van der Waals surface area (Å²) in [7, 11) is -2.05. The van der Waals surface area contributed by atoms with Crippen LogP contribution in [0, 0.1) is 5.92 Å². The fourth-order valence-corrected chi connectivity index (χ4v) is 2.48. The predicted octanol–water partition coefficient (Wildman–Crippen LogP) is -0.0777. The molecular formula is C12H22N2O5S. The van der Waals surface area contributed by atoms with Gasteiger partial charge in [-0.3, -0.25) is 0 Å². The third-order valence-corrected chi connectivity index (χ3v) is 3.91. The Balaban J connectivity index is 2.52. The average molecular weight is 306 g/mol. The zero-order valence-corrected chi connectivity index (χ0v) is 12.6. The first-order chi connectivity index (χ1) is 9.49. The highest BCUT2D eigenvalue weighted by molar-refractivity contribution is 7.89. The number of ether oxygens (including phenoxy) is 1. The van der Waals surface area contributed by atoms with Gasteiger partial charge in [0, 0.05) is 26.8 Å². The number of sulfonamides is 1. The summed E-state index contributed by atoms with van der Waals surface area (Å²) in [4.78, 5) is 0. The van der Waals surface area contributed by atoms with E-state index in [-0.39, 0.29) is 24.2 Å². The zero-order chi connectivity index (χ0) is 15.0. The summed E-state index contributed by atoms with van der Waals surface area (Å²) in [6, 6.07) is 3.03. The molecule has 0 aliphatic heterocycles. The maximum atomic E-state index is 11.9. The average Bonchev–Trinajstić information content (AvgIpc) is 2.90. The number of aliphatic hydroxyl groups is 1. The van der Waals surface area contributed by atoms with Crippen LogP contribution in [-0.4, -0.2) is 46.9 Å². The molecule has 20 heavy (non-hydrogen) atoms. The normalized spacial score (nSPS) is 13.6. The lowest BCUT2D eigenvalue weighted by Crippen LogP contribution is -2.29. The third-order valence-electron chi connectivity index (χ3n) is 2.62. The molecule has 0 spiro atoms. The van der Waals surface area contributed by atoms with Crippen molar-refractivity contribution in [2.24, 2.45) is 5.92 Å². The number of furan rings is 1. The maximum absolute atomic E-state index is 11.9. The minimum Gasteiger partial charge on any atom is -0.447 e. The van der Waals surface area contributed by atoms with Crippen molar-refractivity contribution in [2.75, 3.05) is 33.4 Å². The van der Waals surface area contributed by atoms with Crippen LogP contribution in [0.2, 0.25) is 0 Å². The Labute approximate surface area is 119 Å². The smallest absolute Gasteiger partial charge is 0.273 e. The second kappa shape index (κ2) is 8.38. The Hall–Kier alpha value is -0.930. The number of hydrogen-bond donors (Lipinski definition) is 3. The molecule has 116 valence electrons.